The zero-order chi connectivity index (χ0) is 32.9. The third kappa shape index (κ3) is 8.47. The van der Waals surface area contributed by atoms with Gasteiger partial charge < -0.3 is 29.9 Å². The molecule has 2 aliphatic rings. The second-order valence-electron chi connectivity index (χ2n) is 13.5. The number of carbonyl (C=O) groups is 6. The summed E-state index contributed by atoms with van der Waals surface area (Å²) in [4.78, 5) is 84.3. The number of esters is 2. The lowest BCUT2D eigenvalue weighted by molar-refractivity contribution is -0.174. The number of rotatable bonds is 5. The largest absolute Gasteiger partial charge is 0.450 e. The van der Waals surface area contributed by atoms with Gasteiger partial charge in [0.15, 0.2) is 12.2 Å². The van der Waals surface area contributed by atoms with Crippen molar-refractivity contribution in [3.05, 3.63) is 0 Å². The molecule has 0 aliphatic carbocycles. The van der Waals surface area contributed by atoms with Crippen LogP contribution in [0.2, 0.25) is 0 Å². The zero-order valence-corrected chi connectivity index (χ0v) is 27.6. The van der Waals surface area contributed by atoms with Crippen molar-refractivity contribution in [2.75, 3.05) is 13.6 Å². The van der Waals surface area contributed by atoms with Crippen molar-refractivity contribution in [3.8, 4) is 0 Å². The Morgan fingerprint density at radius 2 is 1.14 bits per heavy atom. The molecular formula is C31H52N4O8. The van der Waals surface area contributed by atoms with Crippen molar-refractivity contribution in [2.24, 2.45) is 29.6 Å². The molecule has 12 heteroatoms. The van der Waals surface area contributed by atoms with Crippen LogP contribution in [-0.4, -0.2) is 95.3 Å². The van der Waals surface area contributed by atoms with E-state index in [1.54, 1.807) is 69.2 Å². The molecule has 0 radical (unpaired) electrons. The molecule has 2 aliphatic heterocycles. The Morgan fingerprint density at radius 3 is 1.63 bits per heavy atom. The molecule has 244 valence electrons. The lowest BCUT2D eigenvalue weighted by Crippen LogP contribution is -2.59. The summed E-state index contributed by atoms with van der Waals surface area (Å²) >= 11 is 0. The van der Waals surface area contributed by atoms with Gasteiger partial charge in [0.25, 0.3) is 11.8 Å². The SMILES string of the molecule is CC(C)[C@@H]1OC(=O)[C@@H](C(C)C)N(C)C(=O)[C@H](C(C)C)OC(=O)[C@@H](C(C)C)NC(=O)[C@@H]2CCCN2C(=O)[C@@H](C(C)C)NC1=O. The van der Waals surface area contributed by atoms with Gasteiger partial charge in [-0.25, -0.2) is 9.59 Å². The van der Waals surface area contributed by atoms with Crippen LogP contribution in [0.25, 0.3) is 0 Å². The molecule has 0 saturated carbocycles. The van der Waals surface area contributed by atoms with Crippen LogP contribution < -0.4 is 10.6 Å². The number of likely N-dealkylation sites (N-methyl/N-ethyl adjacent to an activating group) is 1. The van der Waals surface area contributed by atoms with Crippen LogP contribution in [0.15, 0.2) is 0 Å². The monoisotopic (exact) mass is 608 g/mol. The molecule has 2 fully saturated rings. The van der Waals surface area contributed by atoms with Gasteiger partial charge in [-0.2, -0.15) is 0 Å². The first-order valence-corrected chi connectivity index (χ1v) is 15.5. The fourth-order valence-corrected chi connectivity index (χ4v) is 5.55. The van der Waals surface area contributed by atoms with E-state index >= 15 is 0 Å². The first kappa shape index (κ1) is 36.0. The maximum atomic E-state index is 13.8. The fourth-order valence-electron chi connectivity index (χ4n) is 5.55. The Balaban J connectivity index is 2.65. The maximum absolute atomic E-state index is 13.8. The summed E-state index contributed by atoms with van der Waals surface area (Å²) in [5, 5.41) is 5.54. The highest BCUT2D eigenvalue weighted by Gasteiger charge is 2.44. The standard InChI is InChI=1S/C31H52N4O8/c1-15(2)21-28(38)35-14-12-13-20(35)26(36)33-22(16(3)4)30(40)43-25(19(9)10)29(39)34(11)23(17(5)6)31(41)42-24(18(7)8)27(37)32-21/h15-25H,12-14H2,1-11H3,(H,32,37)(H,33,36)/t20-,21+,22+,23+,24-,25-/m0/s1. The number of hydrogen-bond donors (Lipinski definition) is 2. The topological polar surface area (TPSA) is 151 Å². The van der Waals surface area contributed by atoms with Crippen LogP contribution in [0.3, 0.4) is 0 Å². The van der Waals surface area contributed by atoms with Crippen LogP contribution in [0.1, 0.15) is 82.1 Å². The molecule has 0 aromatic rings. The van der Waals surface area contributed by atoms with E-state index in [-0.39, 0.29) is 11.8 Å². The van der Waals surface area contributed by atoms with Gasteiger partial charge in [-0.05, 0) is 42.4 Å². The molecule has 0 aromatic carbocycles. The highest BCUT2D eigenvalue weighted by molar-refractivity contribution is 5.96. The van der Waals surface area contributed by atoms with Crippen molar-refractivity contribution in [1.82, 2.24) is 20.4 Å². The molecule has 2 rings (SSSR count). The highest BCUT2D eigenvalue weighted by atomic mass is 16.6. The third-order valence-electron chi connectivity index (χ3n) is 8.12. The predicted octanol–water partition coefficient (Wildman–Crippen LogP) is 1.89. The number of fused-ring (bicyclic) bond motifs is 1. The third-order valence-corrected chi connectivity index (χ3v) is 8.12. The van der Waals surface area contributed by atoms with Crippen LogP contribution in [0.4, 0.5) is 0 Å². The predicted molar refractivity (Wildman–Crippen MR) is 159 cm³/mol. The number of cyclic esters (lactones) is 2. The molecule has 0 bridgehead atoms. The molecule has 2 heterocycles. The molecule has 0 aromatic heterocycles. The number of nitrogens with one attached hydrogen (secondary N) is 2. The minimum Gasteiger partial charge on any atom is -0.450 e. The minimum absolute atomic E-state index is 0.307. The quantitative estimate of drug-likeness (QED) is 0.449. The van der Waals surface area contributed by atoms with Gasteiger partial charge in [-0.15, -0.1) is 0 Å². The van der Waals surface area contributed by atoms with Gasteiger partial charge in [-0.1, -0.05) is 69.2 Å². The molecular weight excluding hydrogens is 556 g/mol. The highest BCUT2D eigenvalue weighted by Crippen LogP contribution is 2.24. The lowest BCUT2D eigenvalue weighted by Gasteiger charge is -2.36. The van der Waals surface area contributed by atoms with Crippen molar-refractivity contribution in [2.45, 2.75) is 118 Å². The molecule has 4 amide bonds. The average Bonchev–Trinajstić information content (AvgIpc) is 3.39. The number of amides is 4. The van der Waals surface area contributed by atoms with Crippen molar-refractivity contribution in [1.29, 1.82) is 0 Å². The normalized spacial score (nSPS) is 29.1. The summed E-state index contributed by atoms with van der Waals surface area (Å²) in [6.45, 7) is 17.7. The van der Waals surface area contributed by atoms with E-state index in [1.165, 1.54) is 16.8 Å². The summed E-state index contributed by atoms with van der Waals surface area (Å²) in [5.74, 6) is -5.78. The smallest absolute Gasteiger partial charge is 0.329 e. The van der Waals surface area contributed by atoms with E-state index in [9.17, 15) is 28.8 Å². The van der Waals surface area contributed by atoms with Crippen LogP contribution in [0.5, 0.6) is 0 Å². The summed E-state index contributed by atoms with van der Waals surface area (Å²) in [7, 11) is 1.43. The summed E-state index contributed by atoms with van der Waals surface area (Å²) in [6.07, 6.45) is -1.53. The van der Waals surface area contributed by atoms with Crippen molar-refractivity contribution < 1.29 is 38.2 Å². The zero-order valence-electron chi connectivity index (χ0n) is 27.6. The molecule has 2 saturated heterocycles. The Kier molecular flexibility index (Phi) is 12.6. The molecule has 12 nitrogen and oxygen atoms in total. The van der Waals surface area contributed by atoms with Crippen LogP contribution >= 0.6 is 0 Å². The van der Waals surface area contributed by atoms with E-state index in [0.29, 0.717) is 19.4 Å². The summed E-state index contributed by atoms with van der Waals surface area (Å²) in [6, 6.07) is -4.00. The Bertz CT molecular complexity index is 1060. The first-order chi connectivity index (χ1) is 19.9. The van der Waals surface area contributed by atoms with E-state index in [1.807, 2.05) is 0 Å². The number of hydrogen-bond acceptors (Lipinski definition) is 8. The summed E-state index contributed by atoms with van der Waals surface area (Å²) in [5.41, 5.74) is 0. The molecule has 0 spiro atoms. The Labute approximate surface area is 255 Å². The number of ether oxygens (including phenoxy) is 2. The minimum atomic E-state index is -1.25. The van der Waals surface area contributed by atoms with E-state index in [2.05, 4.69) is 10.6 Å². The van der Waals surface area contributed by atoms with E-state index in [4.69, 9.17) is 9.47 Å². The maximum Gasteiger partial charge on any atom is 0.329 e. The molecule has 43 heavy (non-hydrogen) atoms. The Morgan fingerprint density at radius 1 is 0.628 bits per heavy atom. The van der Waals surface area contributed by atoms with Crippen molar-refractivity contribution >= 4 is 35.6 Å². The molecule has 0 unspecified atom stereocenters. The van der Waals surface area contributed by atoms with E-state index < -0.39 is 89.7 Å². The second kappa shape index (κ2) is 15.0. The van der Waals surface area contributed by atoms with Gasteiger partial charge in [0, 0.05) is 13.6 Å². The summed E-state index contributed by atoms with van der Waals surface area (Å²) < 4.78 is 11.5. The fraction of sp³-hybridized carbons (Fsp3) is 0.806. The molecule has 6 atom stereocenters. The van der Waals surface area contributed by atoms with Gasteiger partial charge in [0.05, 0.1) is 0 Å². The second-order valence-corrected chi connectivity index (χ2v) is 13.5. The lowest BCUT2D eigenvalue weighted by atomic mass is 9.98. The molecule has 2 N–H and O–H groups in total. The number of carbonyl (C=O) groups excluding carboxylic acids is 6. The average molecular weight is 609 g/mol. The van der Waals surface area contributed by atoms with Gasteiger partial charge >= 0.3 is 11.9 Å². The number of nitrogens with zero attached hydrogens (tertiary/aromatic N) is 2. The first-order valence-electron chi connectivity index (χ1n) is 15.5. The Hall–Kier alpha value is -3.18. The van der Waals surface area contributed by atoms with Crippen LogP contribution in [0, 0.1) is 29.6 Å². The van der Waals surface area contributed by atoms with Gasteiger partial charge in [0.2, 0.25) is 11.8 Å². The van der Waals surface area contributed by atoms with E-state index in [0.717, 1.165) is 0 Å². The van der Waals surface area contributed by atoms with Gasteiger partial charge in [-0.3, -0.25) is 19.2 Å². The van der Waals surface area contributed by atoms with Crippen LogP contribution in [-0.2, 0) is 38.2 Å². The van der Waals surface area contributed by atoms with Crippen molar-refractivity contribution in [3.63, 3.8) is 0 Å². The van der Waals surface area contributed by atoms with Gasteiger partial charge in [0.1, 0.15) is 24.2 Å².